The largest absolute Gasteiger partial charge is 0.486 e. The van der Waals surface area contributed by atoms with E-state index >= 15 is 0 Å². The number of aromatic nitrogens is 1. The molecule has 0 fully saturated rings. The normalized spacial score (nSPS) is 11.7. The third-order valence-electron chi connectivity index (χ3n) is 3.08. The van der Waals surface area contributed by atoms with E-state index in [1.807, 2.05) is 26.0 Å². The van der Waals surface area contributed by atoms with Gasteiger partial charge in [-0.3, -0.25) is 0 Å². The van der Waals surface area contributed by atoms with Crippen LogP contribution in [-0.2, 0) is 12.2 Å². The topological polar surface area (TPSA) is 42.4 Å². The van der Waals surface area contributed by atoms with Crippen molar-refractivity contribution in [1.82, 2.24) is 4.98 Å². The summed E-state index contributed by atoms with van der Waals surface area (Å²) in [4.78, 5) is 5.37. The van der Waals surface area contributed by atoms with Gasteiger partial charge < -0.3 is 9.84 Å². The molecule has 0 atom stereocenters. The molecule has 0 bridgehead atoms. The predicted octanol–water partition coefficient (Wildman–Crippen LogP) is 3.87. The zero-order chi connectivity index (χ0) is 14.9. The minimum Gasteiger partial charge on any atom is -0.486 e. The average Bonchev–Trinajstić information content (AvgIpc) is 2.69. The number of aliphatic hydroxyl groups is 1. The first-order valence-electron chi connectivity index (χ1n) is 6.66. The van der Waals surface area contributed by atoms with Crippen LogP contribution >= 0.6 is 11.3 Å². The Morgan fingerprint density at radius 1 is 1.25 bits per heavy atom. The van der Waals surface area contributed by atoms with Crippen molar-refractivity contribution in [2.45, 2.75) is 46.8 Å². The standard InChI is InChI=1S/C16H21NO2S/c1-10-6-7-13(11(2)8-10)19-9-14-17-12(3)15(20-14)16(4,5)18/h6-8,18H,9H2,1-5H3. The smallest absolute Gasteiger partial charge is 0.140 e. The molecule has 0 spiro atoms. The molecule has 0 amide bonds. The summed E-state index contributed by atoms with van der Waals surface area (Å²) in [6.07, 6.45) is 0. The molecule has 0 saturated heterocycles. The third kappa shape index (κ3) is 3.38. The van der Waals surface area contributed by atoms with E-state index in [0.717, 1.165) is 26.9 Å². The van der Waals surface area contributed by atoms with Crippen molar-refractivity contribution < 1.29 is 9.84 Å². The van der Waals surface area contributed by atoms with Crippen molar-refractivity contribution in [3.05, 3.63) is 44.9 Å². The van der Waals surface area contributed by atoms with Gasteiger partial charge in [0.15, 0.2) is 0 Å². The molecule has 0 saturated carbocycles. The molecule has 1 aromatic heterocycles. The lowest BCUT2D eigenvalue weighted by Gasteiger charge is -2.15. The Bertz CT molecular complexity index is 611. The SMILES string of the molecule is Cc1ccc(OCc2nc(C)c(C(C)(C)O)s2)c(C)c1. The van der Waals surface area contributed by atoms with Crippen molar-refractivity contribution in [3.8, 4) is 5.75 Å². The van der Waals surface area contributed by atoms with Crippen LogP contribution in [0.3, 0.4) is 0 Å². The number of hydrogen-bond donors (Lipinski definition) is 1. The minimum absolute atomic E-state index is 0.436. The Morgan fingerprint density at radius 3 is 2.50 bits per heavy atom. The van der Waals surface area contributed by atoms with Crippen LogP contribution in [0, 0.1) is 20.8 Å². The van der Waals surface area contributed by atoms with E-state index in [0.29, 0.717) is 6.61 Å². The van der Waals surface area contributed by atoms with Gasteiger partial charge in [0, 0.05) is 0 Å². The van der Waals surface area contributed by atoms with Crippen molar-refractivity contribution in [2.24, 2.45) is 0 Å². The van der Waals surface area contributed by atoms with Crippen molar-refractivity contribution >= 4 is 11.3 Å². The fourth-order valence-corrected chi connectivity index (χ4v) is 3.16. The second kappa shape index (κ2) is 5.54. The first-order chi connectivity index (χ1) is 9.27. The summed E-state index contributed by atoms with van der Waals surface area (Å²) in [7, 11) is 0. The lowest BCUT2D eigenvalue weighted by Crippen LogP contribution is -2.14. The molecule has 20 heavy (non-hydrogen) atoms. The molecule has 2 rings (SSSR count). The Balaban J connectivity index is 2.12. The van der Waals surface area contributed by atoms with Gasteiger partial charge in [-0.15, -0.1) is 11.3 Å². The Kier molecular flexibility index (Phi) is 4.16. The number of benzene rings is 1. The third-order valence-corrected chi connectivity index (χ3v) is 4.52. The fourth-order valence-electron chi connectivity index (χ4n) is 2.18. The van der Waals surface area contributed by atoms with E-state index in [2.05, 4.69) is 18.0 Å². The van der Waals surface area contributed by atoms with Gasteiger partial charge in [-0.1, -0.05) is 17.7 Å². The zero-order valence-electron chi connectivity index (χ0n) is 12.7. The van der Waals surface area contributed by atoms with E-state index in [1.54, 1.807) is 13.8 Å². The van der Waals surface area contributed by atoms with Gasteiger partial charge in [-0.25, -0.2) is 4.98 Å². The van der Waals surface area contributed by atoms with Crippen LogP contribution < -0.4 is 4.74 Å². The molecule has 1 aromatic carbocycles. The number of aryl methyl sites for hydroxylation is 3. The summed E-state index contributed by atoms with van der Waals surface area (Å²) in [5.74, 6) is 0.883. The van der Waals surface area contributed by atoms with Gasteiger partial charge in [0.05, 0.1) is 16.2 Å². The van der Waals surface area contributed by atoms with Gasteiger partial charge in [0.1, 0.15) is 17.4 Å². The minimum atomic E-state index is -0.847. The summed E-state index contributed by atoms with van der Waals surface area (Å²) in [5.41, 5.74) is 2.38. The highest BCUT2D eigenvalue weighted by molar-refractivity contribution is 7.11. The lowest BCUT2D eigenvalue weighted by atomic mass is 10.1. The predicted molar refractivity (Wildman–Crippen MR) is 82.3 cm³/mol. The first kappa shape index (κ1) is 15.0. The van der Waals surface area contributed by atoms with Gasteiger partial charge in [-0.05, 0) is 46.2 Å². The van der Waals surface area contributed by atoms with Crippen LogP contribution in [0.1, 0.15) is 40.6 Å². The molecule has 108 valence electrons. The van der Waals surface area contributed by atoms with Crippen molar-refractivity contribution in [3.63, 3.8) is 0 Å². The average molecular weight is 291 g/mol. The van der Waals surface area contributed by atoms with Crippen LogP contribution in [0.25, 0.3) is 0 Å². The van der Waals surface area contributed by atoms with Crippen LogP contribution in [0.5, 0.6) is 5.75 Å². The summed E-state index contributed by atoms with van der Waals surface area (Å²) in [6.45, 7) is 10.0. The molecule has 3 nitrogen and oxygen atoms in total. The Morgan fingerprint density at radius 2 is 1.95 bits per heavy atom. The summed E-state index contributed by atoms with van der Waals surface area (Å²) < 4.78 is 5.83. The van der Waals surface area contributed by atoms with E-state index < -0.39 is 5.60 Å². The molecule has 0 aliphatic carbocycles. The molecular weight excluding hydrogens is 270 g/mol. The molecule has 4 heteroatoms. The second-order valence-corrected chi connectivity index (χ2v) is 6.72. The molecule has 1 heterocycles. The number of hydrogen-bond acceptors (Lipinski definition) is 4. The van der Waals surface area contributed by atoms with Gasteiger partial charge in [-0.2, -0.15) is 0 Å². The van der Waals surface area contributed by atoms with Crippen LogP contribution in [0.4, 0.5) is 0 Å². The molecule has 0 aliphatic rings. The van der Waals surface area contributed by atoms with Crippen LogP contribution in [0.15, 0.2) is 18.2 Å². The maximum Gasteiger partial charge on any atom is 0.140 e. The van der Waals surface area contributed by atoms with Crippen molar-refractivity contribution in [1.29, 1.82) is 0 Å². The van der Waals surface area contributed by atoms with E-state index in [-0.39, 0.29) is 0 Å². The Hall–Kier alpha value is -1.39. The summed E-state index contributed by atoms with van der Waals surface area (Å²) in [6, 6.07) is 6.13. The van der Waals surface area contributed by atoms with Gasteiger partial charge >= 0.3 is 0 Å². The van der Waals surface area contributed by atoms with E-state index in [9.17, 15) is 5.11 Å². The maximum atomic E-state index is 10.1. The number of thiazole rings is 1. The maximum absolute atomic E-state index is 10.1. The fraction of sp³-hybridized carbons (Fsp3) is 0.438. The highest BCUT2D eigenvalue weighted by atomic mass is 32.1. The highest BCUT2D eigenvalue weighted by Crippen LogP contribution is 2.30. The van der Waals surface area contributed by atoms with Crippen LogP contribution in [-0.4, -0.2) is 10.1 Å². The lowest BCUT2D eigenvalue weighted by molar-refractivity contribution is 0.0817. The number of nitrogens with zero attached hydrogens (tertiary/aromatic N) is 1. The van der Waals surface area contributed by atoms with Crippen LogP contribution in [0.2, 0.25) is 0 Å². The highest BCUT2D eigenvalue weighted by Gasteiger charge is 2.22. The second-order valence-electron chi connectivity index (χ2n) is 5.64. The molecule has 1 N–H and O–H groups in total. The first-order valence-corrected chi connectivity index (χ1v) is 7.48. The monoisotopic (exact) mass is 291 g/mol. The molecular formula is C16H21NO2S. The summed E-state index contributed by atoms with van der Waals surface area (Å²) >= 11 is 1.51. The number of rotatable bonds is 4. The quantitative estimate of drug-likeness (QED) is 0.929. The summed E-state index contributed by atoms with van der Waals surface area (Å²) in [5, 5.41) is 11.0. The molecule has 0 unspecified atom stereocenters. The van der Waals surface area contributed by atoms with Gasteiger partial charge in [0.25, 0.3) is 0 Å². The van der Waals surface area contributed by atoms with Gasteiger partial charge in [0.2, 0.25) is 0 Å². The number of ether oxygens (including phenoxy) is 1. The Labute approximate surface area is 124 Å². The van der Waals surface area contributed by atoms with Crippen molar-refractivity contribution in [2.75, 3.05) is 0 Å². The zero-order valence-corrected chi connectivity index (χ0v) is 13.5. The van der Waals surface area contributed by atoms with E-state index in [1.165, 1.54) is 16.9 Å². The molecule has 2 aromatic rings. The molecule has 0 aliphatic heterocycles. The molecule has 0 radical (unpaired) electrons. The van der Waals surface area contributed by atoms with E-state index in [4.69, 9.17) is 4.74 Å².